The zero-order chi connectivity index (χ0) is 11.4. The first-order valence-electron chi connectivity index (χ1n) is 3.99. The number of hydrogen-bond acceptors (Lipinski definition) is 7. The highest BCUT2D eigenvalue weighted by atomic mass is 31.1. The minimum absolute atomic E-state index is 0.239. The van der Waals surface area contributed by atoms with E-state index in [2.05, 4.69) is 9.05 Å². The van der Waals surface area contributed by atoms with E-state index in [1.807, 2.05) is 0 Å². The van der Waals surface area contributed by atoms with Crippen molar-refractivity contribution in [2.75, 3.05) is 13.1 Å². The largest absolute Gasteiger partial charge is 0.364 e. The molecule has 0 spiro atoms. The Hall–Kier alpha value is -0.0100. The number of nitrogens with two attached hydrogens (primary N) is 2. The van der Waals surface area contributed by atoms with Crippen LogP contribution in [-0.2, 0) is 13.6 Å². The van der Waals surface area contributed by atoms with Gasteiger partial charge in [0.2, 0.25) is 0 Å². The molecule has 0 heterocycles. The van der Waals surface area contributed by atoms with Crippen LogP contribution in [0.4, 0.5) is 0 Å². The molecule has 0 bridgehead atoms. The van der Waals surface area contributed by atoms with E-state index in [-0.39, 0.29) is 13.1 Å². The van der Waals surface area contributed by atoms with Gasteiger partial charge in [0.05, 0.1) is 0 Å². The van der Waals surface area contributed by atoms with Crippen LogP contribution in [0.5, 0.6) is 0 Å². The molecule has 7 nitrogen and oxygen atoms in total. The summed E-state index contributed by atoms with van der Waals surface area (Å²) in [5, 5.41) is 18.5. The maximum atomic E-state index is 11.1. The normalized spacial score (nSPS) is 22.4. The van der Waals surface area contributed by atoms with Crippen molar-refractivity contribution in [3.8, 4) is 0 Å². The summed E-state index contributed by atoms with van der Waals surface area (Å²) in [7, 11) is -3.04. The zero-order valence-corrected chi connectivity index (χ0v) is 9.19. The molecule has 2 unspecified atom stereocenters. The SMILES string of the molecule is CC(O)(CN)O[PH](=O)OC(C)(O)CN. The average molecular weight is 228 g/mol. The molecule has 0 aromatic carbocycles. The molecule has 0 aliphatic rings. The van der Waals surface area contributed by atoms with Gasteiger partial charge in [-0.15, -0.1) is 0 Å². The van der Waals surface area contributed by atoms with Crippen LogP contribution < -0.4 is 11.5 Å². The fourth-order valence-corrected chi connectivity index (χ4v) is 1.39. The maximum absolute atomic E-state index is 11.1. The quantitative estimate of drug-likeness (QED) is 0.330. The third-order valence-electron chi connectivity index (χ3n) is 1.36. The molecule has 0 saturated carbocycles. The second kappa shape index (κ2) is 5.18. The van der Waals surface area contributed by atoms with Crippen molar-refractivity contribution >= 4 is 8.25 Å². The van der Waals surface area contributed by atoms with Crippen LogP contribution in [0.2, 0.25) is 0 Å². The summed E-state index contributed by atoms with van der Waals surface area (Å²) >= 11 is 0. The lowest BCUT2D eigenvalue weighted by atomic mass is 10.3. The Morgan fingerprint density at radius 3 is 1.64 bits per heavy atom. The van der Waals surface area contributed by atoms with E-state index in [4.69, 9.17) is 11.5 Å². The molecule has 0 radical (unpaired) electrons. The molecule has 86 valence electrons. The van der Waals surface area contributed by atoms with Crippen molar-refractivity contribution < 1.29 is 23.8 Å². The fraction of sp³-hybridized carbons (Fsp3) is 1.00. The van der Waals surface area contributed by atoms with Crippen LogP contribution >= 0.6 is 8.25 Å². The third kappa shape index (κ3) is 5.66. The molecule has 0 fully saturated rings. The Morgan fingerprint density at radius 1 is 1.14 bits per heavy atom. The van der Waals surface area contributed by atoms with E-state index in [9.17, 15) is 14.8 Å². The van der Waals surface area contributed by atoms with Crippen molar-refractivity contribution in [2.24, 2.45) is 11.5 Å². The van der Waals surface area contributed by atoms with E-state index < -0.39 is 19.8 Å². The van der Waals surface area contributed by atoms with Crippen LogP contribution in [0.25, 0.3) is 0 Å². The number of aliphatic hydroxyl groups is 2. The zero-order valence-electron chi connectivity index (χ0n) is 8.19. The highest BCUT2D eigenvalue weighted by Gasteiger charge is 2.27. The van der Waals surface area contributed by atoms with Crippen molar-refractivity contribution in [1.29, 1.82) is 0 Å². The molecule has 14 heavy (non-hydrogen) atoms. The van der Waals surface area contributed by atoms with E-state index in [1.54, 1.807) is 0 Å². The number of hydrogen-bond donors (Lipinski definition) is 4. The van der Waals surface area contributed by atoms with Crippen molar-refractivity contribution in [1.82, 2.24) is 0 Å². The highest BCUT2D eigenvalue weighted by molar-refractivity contribution is 7.33. The predicted octanol–water partition coefficient (Wildman–Crippen LogP) is -1.26. The molecule has 0 amide bonds. The van der Waals surface area contributed by atoms with Gasteiger partial charge in [-0.3, -0.25) is 13.6 Å². The molecule has 0 aromatic heterocycles. The molecule has 8 heteroatoms. The van der Waals surface area contributed by atoms with Crippen molar-refractivity contribution in [2.45, 2.75) is 25.4 Å². The van der Waals surface area contributed by atoms with Crippen LogP contribution in [0, 0.1) is 0 Å². The monoisotopic (exact) mass is 228 g/mol. The molecule has 2 atom stereocenters. The van der Waals surface area contributed by atoms with Gasteiger partial charge in [0.15, 0.2) is 11.6 Å². The van der Waals surface area contributed by atoms with E-state index in [1.165, 1.54) is 13.8 Å². The molecule has 0 aliphatic carbocycles. The third-order valence-corrected chi connectivity index (χ3v) is 2.58. The van der Waals surface area contributed by atoms with E-state index in [0.717, 1.165) is 0 Å². The molecular formula is C6H17N2O5P. The lowest BCUT2D eigenvalue weighted by Crippen LogP contribution is -2.38. The minimum atomic E-state index is -3.04. The van der Waals surface area contributed by atoms with Gasteiger partial charge in [0, 0.05) is 13.1 Å². The molecular weight excluding hydrogens is 211 g/mol. The molecule has 6 N–H and O–H groups in total. The molecule has 0 rings (SSSR count). The van der Waals surface area contributed by atoms with Gasteiger partial charge in [-0.2, -0.15) is 0 Å². The van der Waals surface area contributed by atoms with Gasteiger partial charge in [0.25, 0.3) is 0 Å². The first kappa shape index (κ1) is 14.0. The Balaban J connectivity index is 4.12. The lowest BCUT2D eigenvalue weighted by molar-refractivity contribution is -0.149. The average Bonchev–Trinajstić information content (AvgIpc) is 2.02. The molecule has 0 aromatic rings. The summed E-state index contributed by atoms with van der Waals surface area (Å²) in [6.07, 6.45) is 0. The summed E-state index contributed by atoms with van der Waals surface area (Å²) < 4.78 is 20.2. The Morgan fingerprint density at radius 2 is 1.43 bits per heavy atom. The standard InChI is InChI=1S/C6H17N2O5P/c1-5(9,3-7)12-14(11)13-6(2,10)4-8/h9-10,14H,3-4,7-8H2,1-2H3. The molecule has 0 saturated heterocycles. The predicted molar refractivity (Wildman–Crippen MR) is 50.5 cm³/mol. The van der Waals surface area contributed by atoms with Gasteiger partial charge in [-0.1, -0.05) is 0 Å². The summed E-state index contributed by atoms with van der Waals surface area (Å²) in [4.78, 5) is 0. The second-order valence-electron chi connectivity index (χ2n) is 3.21. The van der Waals surface area contributed by atoms with Crippen LogP contribution in [-0.4, -0.2) is 34.9 Å². The Bertz CT molecular complexity index is 188. The smallest absolute Gasteiger partial charge is 0.324 e. The van der Waals surface area contributed by atoms with E-state index in [0.29, 0.717) is 0 Å². The maximum Gasteiger partial charge on any atom is 0.324 e. The first-order chi connectivity index (χ1) is 6.22. The van der Waals surface area contributed by atoms with Crippen LogP contribution in [0.15, 0.2) is 0 Å². The summed E-state index contributed by atoms with van der Waals surface area (Å²) in [5.41, 5.74) is 10.2. The Kier molecular flexibility index (Phi) is 5.17. The number of rotatable bonds is 6. The first-order valence-corrected chi connectivity index (χ1v) is 5.22. The van der Waals surface area contributed by atoms with Crippen molar-refractivity contribution in [3.63, 3.8) is 0 Å². The summed E-state index contributed by atoms with van der Waals surface area (Å²) in [6, 6.07) is 0. The van der Waals surface area contributed by atoms with Gasteiger partial charge in [-0.05, 0) is 13.8 Å². The van der Waals surface area contributed by atoms with Gasteiger partial charge in [0.1, 0.15) is 0 Å². The minimum Gasteiger partial charge on any atom is -0.364 e. The summed E-state index contributed by atoms with van der Waals surface area (Å²) in [5.74, 6) is -3.47. The van der Waals surface area contributed by atoms with Crippen LogP contribution in [0.3, 0.4) is 0 Å². The van der Waals surface area contributed by atoms with Crippen LogP contribution in [0.1, 0.15) is 13.8 Å². The van der Waals surface area contributed by atoms with E-state index >= 15 is 0 Å². The topological polar surface area (TPSA) is 128 Å². The summed E-state index contributed by atoms with van der Waals surface area (Å²) in [6.45, 7) is 1.99. The molecule has 0 aliphatic heterocycles. The van der Waals surface area contributed by atoms with Gasteiger partial charge >= 0.3 is 8.25 Å². The van der Waals surface area contributed by atoms with Gasteiger partial charge < -0.3 is 21.7 Å². The lowest BCUT2D eigenvalue weighted by Gasteiger charge is -2.25. The second-order valence-corrected chi connectivity index (χ2v) is 4.12. The highest BCUT2D eigenvalue weighted by Crippen LogP contribution is 2.33. The van der Waals surface area contributed by atoms with Gasteiger partial charge in [-0.25, -0.2) is 0 Å². The fourth-order valence-electron chi connectivity index (χ4n) is 0.463. The Labute approximate surface area is 82.9 Å². The van der Waals surface area contributed by atoms with Crippen molar-refractivity contribution in [3.05, 3.63) is 0 Å².